The molecule has 0 saturated carbocycles. The van der Waals surface area contributed by atoms with Gasteiger partial charge in [-0.2, -0.15) is 0 Å². The molecule has 6 nitrogen and oxygen atoms in total. The van der Waals surface area contributed by atoms with Crippen molar-refractivity contribution in [2.75, 3.05) is 12.4 Å². The number of ether oxygens (including phenoxy) is 1. The minimum absolute atomic E-state index is 0.0557. The first-order valence-electron chi connectivity index (χ1n) is 6.70. The van der Waals surface area contributed by atoms with Crippen LogP contribution in [-0.4, -0.2) is 21.6 Å². The summed E-state index contributed by atoms with van der Waals surface area (Å²) in [6.45, 7) is -0.0557. The Morgan fingerprint density at radius 3 is 2.33 bits per heavy atom. The van der Waals surface area contributed by atoms with E-state index in [4.69, 9.17) is 0 Å². The lowest BCUT2D eigenvalue weighted by atomic mass is 10.2. The van der Waals surface area contributed by atoms with Crippen LogP contribution in [0.15, 0.2) is 47.4 Å². The SMILES string of the molecule is COC(=O)Nc1ccc(CNS(=O)(=O)c2ccc(F)c(F)c2)cc1. The number of benzene rings is 2. The topological polar surface area (TPSA) is 84.5 Å². The smallest absolute Gasteiger partial charge is 0.411 e. The minimum Gasteiger partial charge on any atom is -0.453 e. The molecule has 2 rings (SSSR count). The van der Waals surface area contributed by atoms with Crippen LogP contribution in [0.5, 0.6) is 0 Å². The van der Waals surface area contributed by atoms with Gasteiger partial charge in [0, 0.05) is 12.2 Å². The fourth-order valence-corrected chi connectivity index (χ4v) is 2.81. The number of amides is 1. The summed E-state index contributed by atoms with van der Waals surface area (Å²) in [6.07, 6.45) is -0.623. The first kappa shape index (κ1) is 17.8. The van der Waals surface area contributed by atoms with E-state index in [-0.39, 0.29) is 11.4 Å². The molecule has 1 amide bonds. The van der Waals surface area contributed by atoms with Crippen molar-refractivity contribution in [1.29, 1.82) is 0 Å². The first-order chi connectivity index (χ1) is 11.3. The Morgan fingerprint density at radius 2 is 1.75 bits per heavy atom. The highest BCUT2D eigenvalue weighted by Crippen LogP contribution is 2.15. The molecule has 9 heteroatoms. The number of methoxy groups -OCH3 is 1. The Kier molecular flexibility index (Phi) is 5.47. The van der Waals surface area contributed by atoms with Gasteiger partial charge in [-0.3, -0.25) is 5.32 Å². The van der Waals surface area contributed by atoms with Crippen molar-refractivity contribution in [3.63, 3.8) is 0 Å². The molecule has 0 aliphatic rings. The fourth-order valence-electron chi connectivity index (χ4n) is 1.78. The second-order valence-corrected chi connectivity index (χ2v) is 6.48. The predicted molar refractivity (Wildman–Crippen MR) is 82.9 cm³/mol. The van der Waals surface area contributed by atoms with Crippen molar-refractivity contribution in [2.24, 2.45) is 0 Å². The number of halogens is 2. The van der Waals surface area contributed by atoms with E-state index in [1.165, 1.54) is 7.11 Å². The number of sulfonamides is 1. The minimum atomic E-state index is -3.98. The van der Waals surface area contributed by atoms with Crippen molar-refractivity contribution in [3.05, 3.63) is 59.7 Å². The summed E-state index contributed by atoms with van der Waals surface area (Å²) in [5.74, 6) is -2.36. The van der Waals surface area contributed by atoms with Gasteiger partial charge in [-0.25, -0.2) is 26.7 Å². The highest BCUT2D eigenvalue weighted by Gasteiger charge is 2.16. The van der Waals surface area contributed by atoms with E-state index in [9.17, 15) is 22.0 Å². The molecule has 0 heterocycles. The molecule has 0 fully saturated rings. The van der Waals surface area contributed by atoms with E-state index in [1.54, 1.807) is 24.3 Å². The summed E-state index contributed by atoms with van der Waals surface area (Å²) in [5.41, 5.74) is 1.09. The van der Waals surface area contributed by atoms with Gasteiger partial charge < -0.3 is 4.74 Å². The largest absolute Gasteiger partial charge is 0.453 e. The second kappa shape index (κ2) is 7.37. The maximum Gasteiger partial charge on any atom is 0.411 e. The van der Waals surface area contributed by atoms with Crippen LogP contribution in [0.1, 0.15) is 5.56 Å². The normalized spacial score (nSPS) is 11.1. The number of anilines is 1. The van der Waals surface area contributed by atoms with Gasteiger partial charge >= 0.3 is 6.09 Å². The molecule has 0 aliphatic heterocycles. The van der Waals surface area contributed by atoms with Crippen molar-refractivity contribution in [1.82, 2.24) is 4.72 Å². The molecule has 0 atom stereocenters. The molecule has 2 N–H and O–H groups in total. The van der Waals surface area contributed by atoms with Crippen molar-refractivity contribution >= 4 is 21.8 Å². The van der Waals surface area contributed by atoms with Gasteiger partial charge in [0.25, 0.3) is 0 Å². The van der Waals surface area contributed by atoms with E-state index in [0.717, 1.165) is 12.1 Å². The van der Waals surface area contributed by atoms with E-state index in [0.29, 0.717) is 17.3 Å². The number of hydrogen-bond donors (Lipinski definition) is 2. The molecule has 0 spiro atoms. The van der Waals surface area contributed by atoms with E-state index in [1.807, 2.05) is 0 Å². The molecule has 0 saturated heterocycles. The lowest BCUT2D eigenvalue weighted by Gasteiger charge is -2.08. The van der Waals surface area contributed by atoms with Gasteiger partial charge in [-0.05, 0) is 35.9 Å². The Bertz CT molecular complexity index is 839. The molecular formula is C15H14F2N2O4S. The second-order valence-electron chi connectivity index (χ2n) is 4.71. The molecule has 0 bridgehead atoms. The van der Waals surface area contributed by atoms with Crippen LogP contribution in [-0.2, 0) is 21.3 Å². The number of hydrogen-bond acceptors (Lipinski definition) is 4. The highest BCUT2D eigenvalue weighted by atomic mass is 32.2. The number of nitrogens with one attached hydrogen (secondary N) is 2. The number of carbonyl (C=O) groups is 1. The standard InChI is InChI=1S/C15H14F2N2O4S/c1-23-15(20)19-11-4-2-10(3-5-11)9-18-24(21,22)12-6-7-13(16)14(17)8-12/h2-8,18H,9H2,1H3,(H,19,20). The number of carbonyl (C=O) groups excluding carboxylic acids is 1. The van der Waals surface area contributed by atoms with E-state index in [2.05, 4.69) is 14.8 Å². The molecule has 2 aromatic rings. The van der Waals surface area contributed by atoms with Gasteiger partial charge in [0.05, 0.1) is 12.0 Å². The zero-order chi connectivity index (χ0) is 17.7. The summed E-state index contributed by atoms with van der Waals surface area (Å²) in [6, 6.07) is 8.66. The lowest BCUT2D eigenvalue weighted by Crippen LogP contribution is -2.23. The third-order valence-corrected chi connectivity index (χ3v) is 4.45. The van der Waals surface area contributed by atoms with Crippen LogP contribution in [0.4, 0.5) is 19.3 Å². The Hall–Kier alpha value is -2.52. The number of rotatable bonds is 5. The quantitative estimate of drug-likeness (QED) is 0.863. The highest BCUT2D eigenvalue weighted by molar-refractivity contribution is 7.89. The van der Waals surface area contributed by atoms with Crippen molar-refractivity contribution < 1.29 is 26.7 Å². The van der Waals surface area contributed by atoms with Crippen LogP contribution >= 0.6 is 0 Å². The van der Waals surface area contributed by atoms with Crippen molar-refractivity contribution in [2.45, 2.75) is 11.4 Å². The average molecular weight is 356 g/mol. The molecule has 0 aliphatic carbocycles. The molecule has 0 radical (unpaired) electrons. The lowest BCUT2D eigenvalue weighted by molar-refractivity contribution is 0.187. The van der Waals surface area contributed by atoms with Crippen LogP contribution in [0.2, 0.25) is 0 Å². The van der Waals surface area contributed by atoms with Gasteiger partial charge in [0.1, 0.15) is 0 Å². The van der Waals surface area contributed by atoms with Crippen LogP contribution in [0, 0.1) is 11.6 Å². The maximum atomic E-state index is 13.1. The van der Waals surface area contributed by atoms with Gasteiger partial charge in [-0.1, -0.05) is 12.1 Å². The van der Waals surface area contributed by atoms with E-state index >= 15 is 0 Å². The molecule has 2 aromatic carbocycles. The van der Waals surface area contributed by atoms with Crippen LogP contribution in [0.25, 0.3) is 0 Å². The van der Waals surface area contributed by atoms with Crippen LogP contribution < -0.4 is 10.0 Å². The molecular weight excluding hydrogens is 342 g/mol. The van der Waals surface area contributed by atoms with Crippen LogP contribution in [0.3, 0.4) is 0 Å². The zero-order valence-corrected chi connectivity index (χ0v) is 13.4. The summed E-state index contributed by atoms with van der Waals surface area (Å²) in [7, 11) is -2.74. The van der Waals surface area contributed by atoms with Gasteiger partial charge in [0.15, 0.2) is 11.6 Å². The summed E-state index contributed by atoms with van der Waals surface area (Å²) < 4.78 is 56.8. The Balaban J connectivity index is 2.03. The predicted octanol–water partition coefficient (Wildman–Crippen LogP) is 2.62. The van der Waals surface area contributed by atoms with Gasteiger partial charge in [-0.15, -0.1) is 0 Å². The summed E-state index contributed by atoms with van der Waals surface area (Å²) in [4.78, 5) is 10.7. The Morgan fingerprint density at radius 1 is 1.08 bits per heavy atom. The fraction of sp³-hybridized carbons (Fsp3) is 0.133. The monoisotopic (exact) mass is 356 g/mol. The molecule has 0 aromatic heterocycles. The summed E-state index contributed by atoms with van der Waals surface area (Å²) in [5, 5.41) is 2.45. The third-order valence-electron chi connectivity index (χ3n) is 3.05. The van der Waals surface area contributed by atoms with Crippen molar-refractivity contribution in [3.8, 4) is 0 Å². The van der Waals surface area contributed by atoms with E-state index < -0.39 is 27.8 Å². The molecule has 128 valence electrons. The zero-order valence-electron chi connectivity index (χ0n) is 12.5. The summed E-state index contributed by atoms with van der Waals surface area (Å²) >= 11 is 0. The molecule has 0 unspecified atom stereocenters. The Labute approximate surface area is 137 Å². The molecule has 24 heavy (non-hydrogen) atoms. The maximum absolute atomic E-state index is 13.1. The van der Waals surface area contributed by atoms with Gasteiger partial charge in [0.2, 0.25) is 10.0 Å². The first-order valence-corrected chi connectivity index (χ1v) is 8.19. The average Bonchev–Trinajstić information content (AvgIpc) is 2.56. The third kappa shape index (κ3) is 4.49.